The van der Waals surface area contributed by atoms with Crippen LogP contribution in [-0.4, -0.2) is 22.8 Å². The van der Waals surface area contributed by atoms with Gasteiger partial charge in [0.05, 0.1) is 24.1 Å². The van der Waals surface area contributed by atoms with Gasteiger partial charge in [-0.15, -0.1) is 0 Å². The van der Waals surface area contributed by atoms with Crippen molar-refractivity contribution in [2.24, 2.45) is 5.10 Å². The lowest BCUT2D eigenvalue weighted by atomic mass is 10.1. The first-order valence-corrected chi connectivity index (χ1v) is 9.06. The third-order valence-corrected chi connectivity index (χ3v) is 4.09. The quantitative estimate of drug-likeness (QED) is 0.454. The van der Waals surface area contributed by atoms with Gasteiger partial charge in [0.1, 0.15) is 17.4 Å². The largest absolute Gasteiger partial charge is 0.493 e. The molecule has 0 aliphatic heterocycles. The van der Waals surface area contributed by atoms with Crippen LogP contribution in [0.25, 0.3) is 11.3 Å². The zero-order chi connectivity index (χ0) is 22.4. The number of nitriles is 1. The fourth-order valence-corrected chi connectivity index (χ4v) is 2.71. The third kappa shape index (κ3) is 5.08. The minimum absolute atomic E-state index is 0.0796. The van der Waals surface area contributed by atoms with Crippen LogP contribution in [0.1, 0.15) is 23.6 Å². The van der Waals surface area contributed by atoms with Gasteiger partial charge >= 0.3 is 6.18 Å². The van der Waals surface area contributed by atoms with E-state index in [1.54, 1.807) is 37.3 Å². The molecule has 0 saturated carbocycles. The van der Waals surface area contributed by atoms with Crippen molar-refractivity contribution >= 4 is 12.2 Å². The number of anilines is 1. The molecule has 0 unspecified atom stereocenters. The van der Waals surface area contributed by atoms with Gasteiger partial charge in [-0.1, -0.05) is 30.3 Å². The zero-order valence-electron chi connectivity index (χ0n) is 16.2. The Balaban J connectivity index is 1.94. The molecule has 0 amide bonds. The van der Waals surface area contributed by atoms with E-state index in [1.165, 1.54) is 6.07 Å². The van der Waals surface area contributed by atoms with Gasteiger partial charge in [0.15, 0.2) is 0 Å². The summed E-state index contributed by atoms with van der Waals surface area (Å²) < 4.78 is 44.4. The highest BCUT2D eigenvalue weighted by atomic mass is 19.4. The van der Waals surface area contributed by atoms with Crippen molar-refractivity contribution in [1.82, 2.24) is 9.97 Å². The maximum Gasteiger partial charge on any atom is 0.416 e. The summed E-state index contributed by atoms with van der Waals surface area (Å²) in [4.78, 5) is 18.8. The van der Waals surface area contributed by atoms with Gasteiger partial charge in [-0.25, -0.2) is 10.4 Å². The van der Waals surface area contributed by atoms with Gasteiger partial charge < -0.3 is 4.74 Å². The highest BCUT2D eigenvalue weighted by molar-refractivity contribution is 5.84. The Kier molecular flexibility index (Phi) is 6.35. The Morgan fingerprint density at radius 1 is 1.26 bits per heavy atom. The third-order valence-electron chi connectivity index (χ3n) is 4.09. The summed E-state index contributed by atoms with van der Waals surface area (Å²) in [6.45, 7) is 1.96. The molecule has 0 aliphatic carbocycles. The summed E-state index contributed by atoms with van der Waals surface area (Å²) in [5, 5.41) is 13.2. The molecule has 0 bridgehead atoms. The predicted octanol–water partition coefficient (Wildman–Crippen LogP) is 4.17. The van der Waals surface area contributed by atoms with Gasteiger partial charge in [-0.3, -0.25) is 9.78 Å². The average Bonchev–Trinajstić information content (AvgIpc) is 2.74. The van der Waals surface area contributed by atoms with Crippen LogP contribution in [0.5, 0.6) is 5.75 Å². The monoisotopic (exact) mass is 427 g/mol. The molecule has 3 rings (SSSR count). The lowest BCUT2D eigenvalue weighted by Crippen LogP contribution is -2.16. The Bertz CT molecular complexity index is 1200. The van der Waals surface area contributed by atoms with Crippen molar-refractivity contribution in [3.8, 4) is 23.1 Å². The molecule has 1 heterocycles. The van der Waals surface area contributed by atoms with Crippen LogP contribution >= 0.6 is 0 Å². The van der Waals surface area contributed by atoms with E-state index in [1.807, 2.05) is 6.07 Å². The number of hydrogen-bond donors (Lipinski definition) is 2. The number of benzene rings is 2. The molecule has 158 valence electrons. The van der Waals surface area contributed by atoms with Gasteiger partial charge in [0.25, 0.3) is 5.56 Å². The molecule has 7 nitrogen and oxygen atoms in total. The lowest BCUT2D eigenvalue weighted by Gasteiger charge is -2.11. The molecular weight excluding hydrogens is 411 g/mol. The van der Waals surface area contributed by atoms with Crippen molar-refractivity contribution < 1.29 is 17.9 Å². The molecule has 0 atom stereocenters. The summed E-state index contributed by atoms with van der Waals surface area (Å²) >= 11 is 0. The lowest BCUT2D eigenvalue weighted by molar-refractivity contribution is -0.137. The number of aromatic amines is 1. The Morgan fingerprint density at radius 3 is 2.65 bits per heavy atom. The van der Waals surface area contributed by atoms with E-state index in [9.17, 15) is 23.2 Å². The predicted molar refractivity (Wildman–Crippen MR) is 109 cm³/mol. The summed E-state index contributed by atoms with van der Waals surface area (Å²) in [7, 11) is 0. The van der Waals surface area contributed by atoms with Crippen LogP contribution in [-0.2, 0) is 6.18 Å². The minimum Gasteiger partial charge on any atom is -0.493 e. The van der Waals surface area contributed by atoms with E-state index in [0.717, 1.165) is 18.3 Å². The van der Waals surface area contributed by atoms with Crippen molar-refractivity contribution in [3.05, 3.63) is 75.6 Å². The van der Waals surface area contributed by atoms with E-state index < -0.39 is 17.3 Å². The molecule has 1 aromatic heterocycles. The Hall–Kier alpha value is -4.13. The second kappa shape index (κ2) is 9.13. The van der Waals surface area contributed by atoms with E-state index in [4.69, 9.17) is 4.74 Å². The molecule has 2 aromatic carbocycles. The first-order valence-electron chi connectivity index (χ1n) is 9.06. The molecule has 2 N–H and O–H groups in total. The molecule has 3 aromatic rings. The molecule has 0 radical (unpaired) electrons. The van der Waals surface area contributed by atoms with Gasteiger partial charge in [-0.2, -0.15) is 23.5 Å². The van der Waals surface area contributed by atoms with Crippen molar-refractivity contribution in [3.63, 3.8) is 0 Å². The van der Waals surface area contributed by atoms with Crippen LogP contribution in [0.3, 0.4) is 0 Å². The Morgan fingerprint density at radius 2 is 2.00 bits per heavy atom. The maximum atomic E-state index is 13.0. The van der Waals surface area contributed by atoms with Crippen LogP contribution in [0.2, 0.25) is 0 Å². The van der Waals surface area contributed by atoms with Crippen LogP contribution in [0, 0.1) is 11.3 Å². The standard InChI is InChI=1S/C21H16F3N5O2/c1-2-31-17-9-8-15(21(22,23)24)10-14(17)12-26-29-20-27-18(13-6-4-3-5-7-13)16(11-25)19(30)28-20/h3-10,12H,2H2,1H3,(H2,27,28,29,30). The molecule has 0 saturated heterocycles. The average molecular weight is 427 g/mol. The number of hydrazone groups is 1. The van der Waals surface area contributed by atoms with Gasteiger partial charge in [0, 0.05) is 11.1 Å². The van der Waals surface area contributed by atoms with E-state index in [0.29, 0.717) is 5.56 Å². The highest BCUT2D eigenvalue weighted by Gasteiger charge is 2.31. The first-order chi connectivity index (χ1) is 14.8. The molecule has 31 heavy (non-hydrogen) atoms. The minimum atomic E-state index is -4.52. The number of nitrogens with one attached hydrogen (secondary N) is 2. The van der Waals surface area contributed by atoms with E-state index >= 15 is 0 Å². The van der Waals surface area contributed by atoms with E-state index in [-0.39, 0.29) is 35.1 Å². The Labute approximate surface area is 174 Å². The molecule has 0 aliphatic rings. The SMILES string of the molecule is CCOc1ccc(C(F)(F)F)cc1C=NNc1nc(-c2ccccc2)c(C#N)c(=O)[nH]1. The molecule has 0 spiro atoms. The number of halogens is 3. The van der Waals surface area contributed by atoms with Crippen molar-refractivity contribution in [1.29, 1.82) is 5.26 Å². The zero-order valence-corrected chi connectivity index (χ0v) is 16.2. The summed E-state index contributed by atoms with van der Waals surface area (Å²) in [6, 6.07) is 13.5. The molecule has 10 heteroatoms. The summed E-state index contributed by atoms with van der Waals surface area (Å²) in [6.07, 6.45) is -3.40. The van der Waals surface area contributed by atoms with Gasteiger partial charge in [-0.05, 0) is 25.1 Å². The number of rotatable bonds is 6. The number of aromatic nitrogens is 2. The fraction of sp³-hybridized carbons (Fsp3) is 0.143. The van der Waals surface area contributed by atoms with Gasteiger partial charge in [0.2, 0.25) is 5.95 Å². The number of alkyl halides is 3. The number of hydrogen-bond acceptors (Lipinski definition) is 6. The summed E-state index contributed by atoms with van der Waals surface area (Å²) in [5.41, 5.74) is 1.57. The second-order valence-electron chi connectivity index (χ2n) is 6.17. The number of nitrogens with zero attached hydrogens (tertiary/aromatic N) is 3. The fourth-order valence-electron chi connectivity index (χ4n) is 2.71. The van der Waals surface area contributed by atoms with E-state index in [2.05, 4.69) is 20.5 Å². The molecule has 0 fully saturated rings. The van der Waals surface area contributed by atoms with Crippen molar-refractivity contribution in [2.75, 3.05) is 12.0 Å². The van der Waals surface area contributed by atoms with Crippen LogP contribution < -0.4 is 15.7 Å². The topological polar surface area (TPSA) is 103 Å². The highest BCUT2D eigenvalue weighted by Crippen LogP contribution is 2.32. The second-order valence-corrected chi connectivity index (χ2v) is 6.17. The van der Waals surface area contributed by atoms with Crippen LogP contribution in [0.15, 0.2) is 58.4 Å². The number of ether oxygens (including phenoxy) is 1. The summed E-state index contributed by atoms with van der Waals surface area (Å²) in [5.74, 6) is 0.136. The normalized spacial score (nSPS) is 11.3. The maximum absolute atomic E-state index is 13.0. The smallest absolute Gasteiger partial charge is 0.416 e. The first kappa shape index (κ1) is 21.6. The molecular formula is C21H16F3N5O2. The number of H-pyrrole nitrogens is 1. The van der Waals surface area contributed by atoms with Crippen LogP contribution in [0.4, 0.5) is 19.1 Å². The van der Waals surface area contributed by atoms with Crippen molar-refractivity contribution in [2.45, 2.75) is 13.1 Å².